The number of thiocarbonyl (C=S) groups is 1. The highest BCUT2D eigenvalue weighted by molar-refractivity contribution is 7.80. The summed E-state index contributed by atoms with van der Waals surface area (Å²) in [5.41, 5.74) is 3.59. The van der Waals surface area contributed by atoms with Crippen LogP contribution >= 0.6 is 12.2 Å². The van der Waals surface area contributed by atoms with Crippen LogP contribution in [0.4, 0.5) is 0 Å². The van der Waals surface area contributed by atoms with Crippen LogP contribution in [0.1, 0.15) is 27.0 Å². The van der Waals surface area contributed by atoms with Crippen molar-refractivity contribution >= 4 is 35.1 Å². The van der Waals surface area contributed by atoms with Crippen LogP contribution in [0.2, 0.25) is 0 Å². The van der Waals surface area contributed by atoms with E-state index in [1.54, 1.807) is 60.7 Å². The SMILES string of the molecule is COC(=O)[C@@H](Cc1ccc(O)cc1)NC(=O)c1ccccc1-c1ccccc1C(=S)N[C@H](Cc1ccc(O)cc1)C(=O)OC. The van der Waals surface area contributed by atoms with Gasteiger partial charge in [-0.2, -0.15) is 0 Å². The summed E-state index contributed by atoms with van der Waals surface area (Å²) in [7, 11) is 2.54. The van der Waals surface area contributed by atoms with Crippen LogP contribution in [-0.4, -0.2) is 59.4 Å². The molecule has 4 rings (SSSR count). The molecule has 44 heavy (non-hydrogen) atoms. The molecule has 0 aromatic heterocycles. The average Bonchev–Trinajstić information content (AvgIpc) is 3.05. The lowest BCUT2D eigenvalue weighted by Crippen LogP contribution is -2.43. The number of ether oxygens (including phenoxy) is 2. The van der Waals surface area contributed by atoms with Crippen molar-refractivity contribution in [2.75, 3.05) is 14.2 Å². The van der Waals surface area contributed by atoms with Crippen molar-refractivity contribution in [2.24, 2.45) is 0 Å². The Morgan fingerprint density at radius 1 is 0.636 bits per heavy atom. The van der Waals surface area contributed by atoms with Crippen LogP contribution in [0.15, 0.2) is 97.1 Å². The van der Waals surface area contributed by atoms with Gasteiger partial charge in [-0.25, -0.2) is 9.59 Å². The first-order chi connectivity index (χ1) is 21.2. The van der Waals surface area contributed by atoms with Gasteiger partial charge in [-0.1, -0.05) is 78.9 Å². The number of aromatic hydroxyl groups is 2. The minimum absolute atomic E-state index is 0.0886. The quantitative estimate of drug-likeness (QED) is 0.144. The number of esters is 2. The molecular weight excluding hydrogens is 580 g/mol. The van der Waals surface area contributed by atoms with E-state index in [1.165, 1.54) is 38.5 Å². The van der Waals surface area contributed by atoms with Crippen LogP contribution in [0.3, 0.4) is 0 Å². The monoisotopic (exact) mass is 612 g/mol. The summed E-state index contributed by atoms with van der Waals surface area (Å²) in [4.78, 5) is 39.2. The summed E-state index contributed by atoms with van der Waals surface area (Å²) in [6, 6.07) is 25.2. The molecule has 0 unspecified atom stereocenters. The fraction of sp³-hybridized carbons (Fsp3) is 0.176. The fourth-order valence-corrected chi connectivity index (χ4v) is 5.03. The predicted molar refractivity (Wildman–Crippen MR) is 169 cm³/mol. The van der Waals surface area contributed by atoms with E-state index in [1.807, 2.05) is 12.1 Å². The molecule has 0 radical (unpaired) electrons. The van der Waals surface area contributed by atoms with Gasteiger partial charge >= 0.3 is 11.9 Å². The summed E-state index contributed by atoms with van der Waals surface area (Å²) < 4.78 is 9.96. The van der Waals surface area contributed by atoms with Crippen molar-refractivity contribution in [3.8, 4) is 22.6 Å². The van der Waals surface area contributed by atoms with E-state index in [9.17, 15) is 24.6 Å². The lowest BCUT2D eigenvalue weighted by molar-refractivity contribution is -0.143. The van der Waals surface area contributed by atoms with E-state index >= 15 is 0 Å². The number of hydrogen-bond donors (Lipinski definition) is 4. The molecule has 0 aliphatic rings. The normalized spacial score (nSPS) is 12.0. The first kappa shape index (κ1) is 31.7. The highest BCUT2D eigenvalue weighted by atomic mass is 32.1. The topological polar surface area (TPSA) is 134 Å². The summed E-state index contributed by atoms with van der Waals surface area (Å²) in [6.45, 7) is 0. The van der Waals surface area contributed by atoms with Gasteiger partial charge in [0.15, 0.2) is 0 Å². The molecule has 2 atom stereocenters. The Morgan fingerprint density at radius 3 is 1.52 bits per heavy atom. The lowest BCUT2D eigenvalue weighted by atomic mass is 9.94. The third-order valence-corrected chi connectivity index (χ3v) is 7.31. The second kappa shape index (κ2) is 14.8. The number of rotatable bonds is 11. The van der Waals surface area contributed by atoms with Crippen LogP contribution in [0.25, 0.3) is 11.1 Å². The largest absolute Gasteiger partial charge is 0.508 e. The maximum atomic E-state index is 13.6. The molecule has 0 fully saturated rings. The number of hydrogen-bond acceptors (Lipinski definition) is 8. The van der Waals surface area contributed by atoms with Gasteiger partial charge in [0, 0.05) is 24.0 Å². The van der Waals surface area contributed by atoms with Crippen molar-refractivity contribution in [1.29, 1.82) is 0 Å². The van der Waals surface area contributed by atoms with Crippen LogP contribution in [-0.2, 0) is 31.9 Å². The number of benzene rings is 4. The maximum Gasteiger partial charge on any atom is 0.328 e. The van der Waals surface area contributed by atoms with Gasteiger partial charge in [-0.15, -0.1) is 0 Å². The molecule has 4 aromatic carbocycles. The molecule has 0 saturated carbocycles. The second-order valence-electron chi connectivity index (χ2n) is 9.93. The smallest absolute Gasteiger partial charge is 0.328 e. The minimum Gasteiger partial charge on any atom is -0.508 e. The van der Waals surface area contributed by atoms with Gasteiger partial charge in [-0.05, 0) is 52.6 Å². The van der Waals surface area contributed by atoms with Gasteiger partial charge in [0.1, 0.15) is 28.6 Å². The molecule has 0 bridgehead atoms. The van der Waals surface area contributed by atoms with Gasteiger partial charge in [0.05, 0.1) is 14.2 Å². The Hall–Kier alpha value is -5.22. The van der Waals surface area contributed by atoms with E-state index in [0.717, 1.165) is 11.1 Å². The number of methoxy groups -OCH3 is 2. The first-order valence-electron chi connectivity index (χ1n) is 13.7. The Kier molecular flexibility index (Phi) is 10.7. The summed E-state index contributed by atoms with van der Waals surface area (Å²) >= 11 is 5.76. The third-order valence-electron chi connectivity index (χ3n) is 6.97. The van der Waals surface area contributed by atoms with Crippen molar-refractivity contribution in [3.63, 3.8) is 0 Å². The number of phenols is 2. The number of carbonyl (C=O) groups excluding carboxylic acids is 3. The van der Waals surface area contributed by atoms with Crippen molar-refractivity contribution in [1.82, 2.24) is 10.6 Å². The van der Waals surface area contributed by atoms with Gasteiger partial charge in [0.2, 0.25) is 0 Å². The average molecular weight is 613 g/mol. The molecule has 9 nitrogen and oxygen atoms in total. The number of phenolic OH excluding ortho intramolecular Hbond substituents is 2. The number of nitrogens with one attached hydrogen (secondary N) is 2. The zero-order valence-electron chi connectivity index (χ0n) is 24.2. The number of carbonyl (C=O) groups is 3. The lowest BCUT2D eigenvalue weighted by Gasteiger charge is -2.21. The molecule has 4 N–H and O–H groups in total. The van der Waals surface area contributed by atoms with Crippen molar-refractivity contribution < 1.29 is 34.1 Å². The molecular formula is C34H32N2O7S. The molecule has 0 saturated heterocycles. The van der Waals surface area contributed by atoms with E-state index in [2.05, 4.69) is 10.6 Å². The standard InChI is InChI=1S/C34H32N2O7S/c1-42-33(40)29(19-21-11-15-23(37)16-12-21)35-31(39)27-9-5-3-7-25(27)26-8-4-6-10-28(26)32(44)36-30(34(41)43-2)20-22-13-17-24(38)18-14-22/h3-18,29-30,37-38H,19-20H2,1-2H3,(H,35,39)(H,36,44)/t29-,30-/m1/s1. The Morgan fingerprint density at radius 2 is 1.05 bits per heavy atom. The Balaban J connectivity index is 1.61. The van der Waals surface area contributed by atoms with Crippen LogP contribution in [0, 0.1) is 0 Å². The van der Waals surface area contributed by atoms with Gasteiger partial charge in [-0.3, -0.25) is 4.79 Å². The molecule has 1 amide bonds. The summed E-state index contributed by atoms with van der Waals surface area (Å²) in [5.74, 6) is -1.42. The van der Waals surface area contributed by atoms with Crippen molar-refractivity contribution in [2.45, 2.75) is 24.9 Å². The molecule has 10 heteroatoms. The molecule has 0 heterocycles. The molecule has 0 spiro atoms. The van der Waals surface area contributed by atoms with E-state index in [4.69, 9.17) is 21.7 Å². The Bertz CT molecular complexity index is 1520. The first-order valence-corrected chi connectivity index (χ1v) is 14.1. The minimum atomic E-state index is -0.983. The fourth-order valence-electron chi connectivity index (χ4n) is 4.71. The molecule has 0 aliphatic carbocycles. The van der Waals surface area contributed by atoms with Crippen molar-refractivity contribution in [3.05, 3.63) is 119 Å². The predicted octanol–water partition coefficient (Wildman–Crippen LogP) is 4.33. The highest BCUT2D eigenvalue weighted by Gasteiger charge is 2.26. The summed E-state index contributed by atoms with van der Waals surface area (Å²) in [6.07, 6.45) is 0.408. The molecule has 4 aromatic rings. The Labute approximate surface area is 260 Å². The van der Waals surface area contributed by atoms with E-state index in [-0.39, 0.29) is 29.3 Å². The molecule has 226 valence electrons. The summed E-state index contributed by atoms with van der Waals surface area (Å²) in [5, 5.41) is 25.1. The third kappa shape index (κ3) is 7.99. The van der Waals surface area contributed by atoms with E-state index in [0.29, 0.717) is 22.3 Å². The highest BCUT2D eigenvalue weighted by Crippen LogP contribution is 2.28. The second-order valence-corrected chi connectivity index (χ2v) is 10.3. The van der Waals surface area contributed by atoms with Crippen LogP contribution < -0.4 is 10.6 Å². The zero-order chi connectivity index (χ0) is 31.6. The van der Waals surface area contributed by atoms with Gasteiger partial charge < -0.3 is 30.3 Å². The molecule has 0 aliphatic heterocycles. The van der Waals surface area contributed by atoms with Crippen LogP contribution in [0.5, 0.6) is 11.5 Å². The number of amides is 1. The van der Waals surface area contributed by atoms with Gasteiger partial charge in [0.25, 0.3) is 5.91 Å². The maximum absolute atomic E-state index is 13.6. The van der Waals surface area contributed by atoms with E-state index < -0.39 is 29.9 Å². The zero-order valence-corrected chi connectivity index (χ0v) is 25.0.